The number of amides is 2. The second kappa shape index (κ2) is 8.44. The average molecular weight is 401 g/mol. The zero-order chi connectivity index (χ0) is 20.9. The van der Waals surface area contributed by atoms with E-state index >= 15 is 0 Å². The monoisotopic (exact) mass is 401 g/mol. The lowest BCUT2D eigenvalue weighted by Crippen LogP contribution is -2.54. The molecule has 4 rings (SSSR count). The summed E-state index contributed by atoms with van der Waals surface area (Å²) >= 11 is 0. The fourth-order valence-corrected chi connectivity index (χ4v) is 2.78. The van der Waals surface area contributed by atoms with Crippen molar-refractivity contribution in [3.05, 3.63) is 78.6 Å². The van der Waals surface area contributed by atoms with Gasteiger partial charge in [0.05, 0.1) is 5.69 Å². The fraction of sp³-hybridized carbons (Fsp3) is 0.0909. The van der Waals surface area contributed by atoms with Crippen LogP contribution in [0.2, 0.25) is 0 Å². The second-order valence-corrected chi connectivity index (χ2v) is 6.60. The van der Waals surface area contributed by atoms with E-state index in [1.165, 1.54) is 5.01 Å². The van der Waals surface area contributed by atoms with Crippen LogP contribution in [0.4, 0.5) is 11.4 Å². The largest absolute Gasteiger partial charge is 0.457 e. The molecule has 0 bridgehead atoms. The van der Waals surface area contributed by atoms with Crippen molar-refractivity contribution in [3.8, 4) is 11.5 Å². The maximum atomic E-state index is 12.6. The van der Waals surface area contributed by atoms with Crippen LogP contribution in [-0.2, 0) is 9.59 Å². The van der Waals surface area contributed by atoms with E-state index in [4.69, 9.17) is 4.74 Å². The molecule has 2 N–H and O–H groups in total. The van der Waals surface area contributed by atoms with Crippen LogP contribution in [0.25, 0.3) is 0 Å². The number of pyridine rings is 1. The van der Waals surface area contributed by atoms with Crippen molar-refractivity contribution in [2.45, 2.75) is 6.92 Å². The Balaban J connectivity index is 1.40. The lowest BCUT2D eigenvalue weighted by atomic mass is 10.2. The van der Waals surface area contributed by atoms with E-state index in [1.54, 1.807) is 48.8 Å². The van der Waals surface area contributed by atoms with Gasteiger partial charge in [0.1, 0.15) is 18.0 Å². The molecule has 0 saturated heterocycles. The molecule has 0 radical (unpaired) electrons. The Morgan fingerprint density at radius 3 is 2.37 bits per heavy atom. The van der Waals surface area contributed by atoms with Gasteiger partial charge in [-0.1, -0.05) is 17.7 Å². The number of benzene rings is 2. The summed E-state index contributed by atoms with van der Waals surface area (Å²) in [5, 5.41) is 4.09. The SMILES string of the molecule is Cc1ccc(N2NC(C(=O)Nc3ccc(Oc4ccncc4)cc3)=NCC2=O)cc1. The highest BCUT2D eigenvalue weighted by Gasteiger charge is 2.25. The van der Waals surface area contributed by atoms with E-state index in [0.29, 0.717) is 22.9 Å². The summed E-state index contributed by atoms with van der Waals surface area (Å²) in [4.78, 5) is 32.8. The minimum Gasteiger partial charge on any atom is -0.457 e. The third-order valence-corrected chi connectivity index (χ3v) is 4.34. The third-order valence-electron chi connectivity index (χ3n) is 4.34. The number of ether oxygens (including phenoxy) is 1. The molecular formula is C22H19N5O3. The molecule has 150 valence electrons. The van der Waals surface area contributed by atoms with Crippen LogP contribution < -0.4 is 20.5 Å². The quantitative estimate of drug-likeness (QED) is 0.685. The van der Waals surface area contributed by atoms with Gasteiger partial charge < -0.3 is 10.1 Å². The van der Waals surface area contributed by atoms with Gasteiger partial charge in [-0.3, -0.25) is 25.0 Å². The molecule has 0 unspecified atom stereocenters. The molecular weight excluding hydrogens is 382 g/mol. The molecule has 2 aromatic carbocycles. The molecule has 0 aliphatic carbocycles. The second-order valence-electron chi connectivity index (χ2n) is 6.60. The summed E-state index contributed by atoms with van der Waals surface area (Å²) in [5.74, 6) is 0.676. The molecule has 1 aromatic heterocycles. The number of nitrogens with zero attached hydrogens (tertiary/aromatic N) is 3. The molecule has 0 fully saturated rings. The molecule has 0 spiro atoms. The maximum absolute atomic E-state index is 12.6. The van der Waals surface area contributed by atoms with Crippen molar-refractivity contribution in [3.63, 3.8) is 0 Å². The maximum Gasteiger partial charge on any atom is 0.292 e. The van der Waals surface area contributed by atoms with Gasteiger partial charge in [0.25, 0.3) is 11.8 Å². The van der Waals surface area contributed by atoms with Crippen molar-refractivity contribution < 1.29 is 14.3 Å². The highest BCUT2D eigenvalue weighted by molar-refractivity contribution is 6.43. The van der Waals surface area contributed by atoms with Crippen LogP contribution in [0.1, 0.15) is 5.56 Å². The van der Waals surface area contributed by atoms with Crippen molar-refractivity contribution in [2.24, 2.45) is 4.99 Å². The first-order valence-corrected chi connectivity index (χ1v) is 9.28. The topological polar surface area (TPSA) is 95.9 Å². The summed E-state index contributed by atoms with van der Waals surface area (Å²) in [6.45, 7) is 1.85. The highest BCUT2D eigenvalue weighted by atomic mass is 16.5. The third kappa shape index (κ3) is 4.44. The number of hydrogen-bond donors (Lipinski definition) is 2. The summed E-state index contributed by atoms with van der Waals surface area (Å²) < 4.78 is 5.70. The number of hydrogen-bond acceptors (Lipinski definition) is 6. The number of aromatic nitrogens is 1. The molecule has 0 atom stereocenters. The first-order chi connectivity index (χ1) is 14.6. The van der Waals surface area contributed by atoms with Gasteiger partial charge in [0.15, 0.2) is 0 Å². The van der Waals surface area contributed by atoms with Crippen LogP contribution in [0, 0.1) is 6.92 Å². The number of rotatable bonds is 5. The molecule has 0 saturated carbocycles. The average Bonchev–Trinajstić information content (AvgIpc) is 2.77. The first-order valence-electron chi connectivity index (χ1n) is 9.28. The van der Waals surface area contributed by atoms with Crippen molar-refractivity contribution >= 4 is 29.0 Å². The number of carbonyl (C=O) groups excluding carboxylic acids is 2. The predicted molar refractivity (Wildman–Crippen MR) is 113 cm³/mol. The Kier molecular flexibility index (Phi) is 5.38. The minimum atomic E-state index is -0.442. The number of nitrogens with one attached hydrogen (secondary N) is 2. The standard InChI is InChI=1S/C22H19N5O3/c1-15-2-6-17(7-3-15)27-20(28)14-24-21(26-27)22(29)25-16-4-8-18(9-5-16)30-19-10-12-23-13-11-19/h2-13H,14H2,1H3,(H,24,26)(H,25,29). The molecule has 3 aromatic rings. The lowest BCUT2D eigenvalue weighted by molar-refractivity contribution is -0.118. The highest BCUT2D eigenvalue weighted by Crippen LogP contribution is 2.22. The van der Waals surface area contributed by atoms with Crippen LogP contribution in [0.5, 0.6) is 11.5 Å². The molecule has 1 aliphatic heterocycles. The van der Waals surface area contributed by atoms with Crippen LogP contribution in [0.3, 0.4) is 0 Å². The molecule has 2 heterocycles. The van der Waals surface area contributed by atoms with E-state index in [0.717, 1.165) is 5.56 Å². The number of anilines is 2. The van der Waals surface area contributed by atoms with Gasteiger partial charge in [-0.25, -0.2) is 5.01 Å². The van der Waals surface area contributed by atoms with Gasteiger partial charge in [0.2, 0.25) is 5.84 Å². The van der Waals surface area contributed by atoms with Crippen LogP contribution in [-0.4, -0.2) is 29.2 Å². The molecule has 1 aliphatic rings. The molecule has 8 heteroatoms. The van der Waals surface area contributed by atoms with Crippen LogP contribution in [0.15, 0.2) is 78.0 Å². The molecule has 30 heavy (non-hydrogen) atoms. The van der Waals surface area contributed by atoms with Gasteiger partial charge in [-0.15, -0.1) is 0 Å². The van der Waals surface area contributed by atoms with E-state index in [1.807, 2.05) is 31.2 Å². The summed E-state index contributed by atoms with van der Waals surface area (Å²) in [5.41, 5.74) is 5.09. The Morgan fingerprint density at radius 2 is 1.67 bits per heavy atom. The lowest BCUT2D eigenvalue weighted by Gasteiger charge is -2.27. The van der Waals surface area contributed by atoms with E-state index in [9.17, 15) is 9.59 Å². The Bertz CT molecular complexity index is 1080. The Hall–Kier alpha value is -4.20. The van der Waals surface area contributed by atoms with Gasteiger partial charge in [0, 0.05) is 18.1 Å². The smallest absolute Gasteiger partial charge is 0.292 e. The van der Waals surface area contributed by atoms with E-state index in [2.05, 4.69) is 20.7 Å². The Morgan fingerprint density at radius 1 is 1.00 bits per heavy atom. The first kappa shape index (κ1) is 19.1. The van der Waals surface area contributed by atoms with Crippen LogP contribution >= 0.6 is 0 Å². The van der Waals surface area contributed by atoms with Gasteiger partial charge in [-0.05, 0) is 55.5 Å². The summed E-state index contributed by atoms with van der Waals surface area (Å²) in [6.07, 6.45) is 3.29. The van der Waals surface area contributed by atoms with Gasteiger partial charge >= 0.3 is 0 Å². The Labute approximate surface area is 173 Å². The molecule has 8 nitrogen and oxygen atoms in total. The van der Waals surface area contributed by atoms with Crippen molar-refractivity contribution in [1.82, 2.24) is 10.4 Å². The molecule has 2 amide bonds. The summed E-state index contributed by atoms with van der Waals surface area (Å²) in [6, 6.07) is 17.8. The normalized spacial score (nSPS) is 13.3. The number of carbonyl (C=O) groups is 2. The number of aliphatic imine (C=N–C) groups is 1. The van der Waals surface area contributed by atoms with Gasteiger partial charge in [-0.2, -0.15) is 0 Å². The van der Waals surface area contributed by atoms with E-state index in [-0.39, 0.29) is 18.3 Å². The van der Waals surface area contributed by atoms with Crippen molar-refractivity contribution in [1.29, 1.82) is 0 Å². The minimum absolute atomic E-state index is 0.0623. The number of amidine groups is 1. The van der Waals surface area contributed by atoms with Crippen molar-refractivity contribution in [2.75, 3.05) is 16.9 Å². The number of aryl methyl sites for hydroxylation is 1. The zero-order valence-corrected chi connectivity index (χ0v) is 16.2. The summed E-state index contributed by atoms with van der Waals surface area (Å²) in [7, 11) is 0. The number of hydrazine groups is 1. The predicted octanol–water partition coefficient (Wildman–Crippen LogP) is 3.07. The zero-order valence-electron chi connectivity index (χ0n) is 16.2. The van der Waals surface area contributed by atoms with E-state index < -0.39 is 5.91 Å². The fourth-order valence-electron chi connectivity index (χ4n) is 2.78.